The van der Waals surface area contributed by atoms with Crippen LogP contribution < -0.4 is 15.4 Å². The molecule has 7 heteroatoms. The highest BCUT2D eigenvalue weighted by Crippen LogP contribution is 2.29. The third-order valence-electron chi connectivity index (χ3n) is 3.27. The number of hydrogen-bond donors (Lipinski definition) is 2. The van der Waals surface area contributed by atoms with Gasteiger partial charge in [0.05, 0.1) is 17.3 Å². The summed E-state index contributed by atoms with van der Waals surface area (Å²) < 4.78 is 6.20. The molecule has 1 amide bonds. The Labute approximate surface area is 131 Å². The number of rotatable bonds is 4. The molecule has 1 aromatic carbocycles. The molecule has 1 aliphatic heterocycles. The van der Waals surface area contributed by atoms with Gasteiger partial charge in [-0.15, -0.1) is 0 Å². The number of thioether (sulfide) groups is 1. The number of nitrogens with one attached hydrogen (secondary N) is 2. The number of carbonyl (C=O) groups is 1. The van der Waals surface area contributed by atoms with Crippen LogP contribution in [0.2, 0.25) is 0 Å². The van der Waals surface area contributed by atoms with Gasteiger partial charge in [-0.2, -0.15) is 11.8 Å². The molecular weight excluding hydrogens is 306 g/mol. The van der Waals surface area contributed by atoms with E-state index in [0.29, 0.717) is 11.6 Å². The molecule has 0 spiro atoms. The number of anilines is 1. The van der Waals surface area contributed by atoms with Crippen molar-refractivity contribution >= 4 is 44.4 Å². The molecule has 112 valence electrons. The maximum Gasteiger partial charge on any atom is 0.227 e. The van der Waals surface area contributed by atoms with Crippen molar-refractivity contribution in [1.29, 1.82) is 0 Å². The summed E-state index contributed by atoms with van der Waals surface area (Å²) >= 11 is 3.36. The summed E-state index contributed by atoms with van der Waals surface area (Å²) in [7, 11) is 1.64. The molecule has 0 radical (unpaired) electrons. The van der Waals surface area contributed by atoms with E-state index in [1.165, 1.54) is 11.3 Å². The molecule has 0 aliphatic carbocycles. The average molecular weight is 323 g/mol. The summed E-state index contributed by atoms with van der Waals surface area (Å²) in [6.45, 7) is 0.976. The van der Waals surface area contributed by atoms with Crippen LogP contribution in [0.1, 0.15) is 6.42 Å². The first-order valence-corrected chi connectivity index (χ1v) is 8.77. The van der Waals surface area contributed by atoms with Gasteiger partial charge in [0.15, 0.2) is 5.13 Å². The van der Waals surface area contributed by atoms with E-state index in [0.717, 1.165) is 34.0 Å². The van der Waals surface area contributed by atoms with Gasteiger partial charge < -0.3 is 15.4 Å². The second-order valence-electron chi connectivity index (χ2n) is 4.83. The second kappa shape index (κ2) is 6.64. The van der Waals surface area contributed by atoms with Crippen molar-refractivity contribution in [3.8, 4) is 5.75 Å². The van der Waals surface area contributed by atoms with Crippen LogP contribution in [0.5, 0.6) is 5.75 Å². The highest BCUT2D eigenvalue weighted by atomic mass is 32.2. The smallest absolute Gasteiger partial charge is 0.227 e. The molecule has 1 aromatic heterocycles. The van der Waals surface area contributed by atoms with Crippen LogP contribution in [0, 0.1) is 0 Å². The first kappa shape index (κ1) is 14.6. The van der Waals surface area contributed by atoms with Crippen LogP contribution in [0.4, 0.5) is 5.13 Å². The number of thiazole rings is 1. The maximum absolute atomic E-state index is 12.1. The average Bonchev–Trinajstić information content (AvgIpc) is 2.89. The lowest BCUT2D eigenvalue weighted by molar-refractivity contribution is -0.116. The van der Waals surface area contributed by atoms with Crippen LogP contribution in [-0.2, 0) is 4.79 Å². The molecular formula is C14H17N3O2S2. The molecule has 3 rings (SSSR count). The Balaban J connectivity index is 1.65. The monoisotopic (exact) mass is 323 g/mol. The number of benzene rings is 1. The summed E-state index contributed by atoms with van der Waals surface area (Å²) in [4.78, 5) is 16.5. The van der Waals surface area contributed by atoms with E-state index in [4.69, 9.17) is 4.74 Å². The lowest BCUT2D eigenvalue weighted by Crippen LogP contribution is -2.39. The van der Waals surface area contributed by atoms with Gasteiger partial charge in [0.2, 0.25) is 5.91 Å². The molecule has 1 fully saturated rings. The first-order chi connectivity index (χ1) is 10.2. The zero-order chi connectivity index (χ0) is 14.7. The number of fused-ring (bicyclic) bond motifs is 1. The Kier molecular flexibility index (Phi) is 4.62. The quantitative estimate of drug-likeness (QED) is 0.904. The van der Waals surface area contributed by atoms with Crippen molar-refractivity contribution in [3.05, 3.63) is 18.2 Å². The van der Waals surface area contributed by atoms with Crippen molar-refractivity contribution in [2.45, 2.75) is 12.5 Å². The Morgan fingerprint density at radius 3 is 3.24 bits per heavy atom. The second-order valence-corrected chi connectivity index (χ2v) is 7.01. The molecule has 2 N–H and O–H groups in total. The largest absolute Gasteiger partial charge is 0.497 e. The van der Waals surface area contributed by atoms with Crippen molar-refractivity contribution in [1.82, 2.24) is 10.3 Å². The Morgan fingerprint density at radius 2 is 2.48 bits per heavy atom. The van der Waals surface area contributed by atoms with Crippen LogP contribution >= 0.6 is 23.1 Å². The fraction of sp³-hybridized carbons (Fsp3) is 0.429. The molecule has 2 aromatic rings. The van der Waals surface area contributed by atoms with Gasteiger partial charge in [0.25, 0.3) is 0 Å². The van der Waals surface area contributed by atoms with Crippen LogP contribution in [0.25, 0.3) is 10.2 Å². The summed E-state index contributed by atoms with van der Waals surface area (Å²) in [5, 5.41) is 6.90. The van der Waals surface area contributed by atoms with E-state index in [-0.39, 0.29) is 11.9 Å². The molecule has 1 atom stereocenters. The molecule has 5 nitrogen and oxygen atoms in total. The van der Waals surface area contributed by atoms with Gasteiger partial charge in [0.1, 0.15) is 5.75 Å². The van der Waals surface area contributed by atoms with Gasteiger partial charge in [-0.1, -0.05) is 11.3 Å². The fourth-order valence-corrected chi connectivity index (χ4v) is 4.09. The van der Waals surface area contributed by atoms with E-state index in [9.17, 15) is 4.79 Å². The third kappa shape index (κ3) is 3.66. The van der Waals surface area contributed by atoms with E-state index in [1.54, 1.807) is 7.11 Å². The lowest BCUT2D eigenvalue weighted by Gasteiger charge is -2.22. The predicted octanol–water partition coefficient (Wildman–Crippen LogP) is 2.34. The normalized spacial score (nSPS) is 18.6. The predicted molar refractivity (Wildman–Crippen MR) is 88.5 cm³/mol. The summed E-state index contributed by atoms with van der Waals surface area (Å²) in [6, 6.07) is 5.97. The molecule has 0 bridgehead atoms. The highest BCUT2D eigenvalue weighted by molar-refractivity contribution is 7.99. The Morgan fingerprint density at radius 1 is 1.57 bits per heavy atom. The molecule has 2 heterocycles. The number of aromatic nitrogens is 1. The minimum Gasteiger partial charge on any atom is -0.497 e. The van der Waals surface area contributed by atoms with Gasteiger partial charge in [-0.3, -0.25) is 4.79 Å². The number of nitrogens with zero attached hydrogens (tertiary/aromatic N) is 1. The Bertz CT molecular complexity index is 638. The zero-order valence-corrected chi connectivity index (χ0v) is 13.4. The van der Waals surface area contributed by atoms with E-state index in [1.807, 2.05) is 30.0 Å². The minimum absolute atomic E-state index is 0.0148. The minimum atomic E-state index is 0.0148. The molecule has 0 saturated carbocycles. The maximum atomic E-state index is 12.1. The number of hydrogen-bond acceptors (Lipinski definition) is 6. The van der Waals surface area contributed by atoms with Crippen LogP contribution in [0.3, 0.4) is 0 Å². The summed E-state index contributed by atoms with van der Waals surface area (Å²) in [5.41, 5.74) is 0.877. The Hall–Kier alpha value is -1.31. The summed E-state index contributed by atoms with van der Waals surface area (Å²) in [6.07, 6.45) is 0.492. The number of ether oxygens (including phenoxy) is 1. The number of methoxy groups -OCH3 is 1. The van der Waals surface area contributed by atoms with Crippen molar-refractivity contribution in [3.63, 3.8) is 0 Å². The molecule has 1 saturated heterocycles. The van der Waals surface area contributed by atoms with Crippen molar-refractivity contribution < 1.29 is 9.53 Å². The number of amides is 1. The third-order valence-corrected chi connectivity index (χ3v) is 5.34. The van der Waals surface area contributed by atoms with Gasteiger partial charge in [0, 0.05) is 30.5 Å². The number of carbonyl (C=O) groups excluding carboxylic acids is 1. The zero-order valence-electron chi connectivity index (χ0n) is 11.7. The highest BCUT2D eigenvalue weighted by Gasteiger charge is 2.17. The molecule has 21 heavy (non-hydrogen) atoms. The molecule has 1 aliphatic rings. The van der Waals surface area contributed by atoms with E-state index in [2.05, 4.69) is 15.6 Å². The SMILES string of the molecule is COc1ccc2nc(NC(=O)CC3CSCCN3)sc2c1. The summed E-state index contributed by atoms with van der Waals surface area (Å²) in [5.74, 6) is 2.93. The fourth-order valence-electron chi connectivity index (χ4n) is 2.23. The lowest BCUT2D eigenvalue weighted by atomic mass is 10.2. The van der Waals surface area contributed by atoms with Crippen LogP contribution in [-0.4, -0.2) is 42.1 Å². The van der Waals surface area contributed by atoms with E-state index < -0.39 is 0 Å². The van der Waals surface area contributed by atoms with Crippen molar-refractivity contribution in [2.24, 2.45) is 0 Å². The first-order valence-electron chi connectivity index (χ1n) is 6.80. The topological polar surface area (TPSA) is 63.2 Å². The van der Waals surface area contributed by atoms with E-state index >= 15 is 0 Å². The van der Waals surface area contributed by atoms with Crippen LogP contribution in [0.15, 0.2) is 18.2 Å². The van der Waals surface area contributed by atoms with Gasteiger partial charge in [-0.05, 0) is 18.2 Å². The standard InChI is InChI=1S/C14H17N3O2S2/c1-19-10-2-3-11-12(7-10)21-14(16-11)17-13(18)6-9-8-20-5-4-15-9/h2-3,7,9,15H,4-6,8H2,1H3,(H,16,17,18). The van der Waals surface area contributed by atoms with Crippen molar-refractivity contribution in [2.75, 3.05) is 30.5 Å². The van der Waals surface area contributed by atoms with Gasteiger partial charge in [-0.25, -0.2) is 4.98 Å². The molecule has 1 unspecified atom stereocenters. The van der Waals surface area contributed by atoms with Gasteiger partial charge >= 0.3 is 0 Å².